The Balaban J connectivity index is 0.00000161. The van der Waals surface area contributed by atoms with Crippen molar-refractivity contribution in [2.24, 2.45) is 5.92 Å². The van der Waals surface area contributed by atoms with Crippen molar-refractivity contribution in [1.29, 1.82) is 0 Å². The number of carbonyl (C=O) groups excluding carboxylic acids is 2. The van der Waals surface area contributed by atoms with E-state index in [4.69, 9.17) is 0 Å². The Hall–Kier alpha value is -1.11. The lowest BCUT2D eigenvalue weighted by Crippen LogP contribution is -2.52. The molecule has 2 amide bonds. The highest BCUT2D eigenvalue weighted by atomic mass is 35.5. The van der Waals surface area contributed by atoms with E-state index < -0.39 is 0 Å². The van der Waals surface area contributed by atoms with Crippen LogP contribution in [0.1, 0.15) is 16.8 Å². The van der Waals surface area contributed by atoms with Gasteiger partial charge in [0, 0.05) is 38.1 Å². The van der Waals surface area contributed by atoms with Gasteiger partial charge in [0.05, 0.1) is 11.5 Å². The molecule has 116 valence electrons. The summed E-state index contributed by atoms with van der Waals surface area (Å²) in [7, 11) is 0. The van der Waals surface area contributed by atoms with Crippen molar-refractivity contribution in [2.75, 3.05) is 39.3 Å². The summed E-state index contributed by atoms with van der Waals surface area (Å²) in [5.41, 5.74) is 0.759. The van der Waals surface area contributed by atoms with Crippen molar-refractivity contribution in [2.45, 2.75) is 6.42 Å². The van der Waals surface area contributed by atoms with E-state index in [0.717, 1.165) is 25.1 Å². The van der Waals surface area contributed by atoms with Gasteiger partial charge >= 0.3 is 0 Å². The lowest BCUT2D eigenvalue weighted by molar-refractivity contribution is -0.136. The predicted molar refractivity (Wildman–Crippen MR) is 85.0 cm³/mol. The second-order valence-electron chi connectivity index (χ2n) is 5.32. The van der Waals surface area contributed by atoms with Crippen LogP contribution in [0.4, 0.5) is 0 Å². The summed E-state index contributed by atoms with van der Waals surface area (Å²) >= 11 is 1.54. The summed E-state index contributed by atoms with van der Waals surface area (Å²) in [5.74, 6) is 0.465. The lowest BCUT2D eigenvalue weighted by atomic mass is 10.1. The van der Waals surface area contributed by atoms with Gasteiger partial charge in [0.25, 0.3) is 5.91 Å². The van der Waals surface area contributed by atoms with Gasteiger partial charge in [-0.2, -0.15) is 11.3 Å². The van der Waals surface area contributed by atoms with Crippen LogP contribution in [0.2, 0.25) is 0 Å². The van der Waals surface area contributed by atoms with Crippen LogP contribution in [0, 0.1) is 5.92 Å². The first-order chi connectivity index (χ1) is 9.75. The van der Waals surface area contributed by atoms with E-state index in [1.54, 1.807) is 0 Å². The normalized spacial score (nSPS) is 22.0. The van der Waals surface area contributed by atoms with Crippen LogP contribution >= 0.6 is 23.7 Å². The number of amides is 2. The molecule has 1 aromatic rings. The smallest absolute Gasteiger partial charge is 0.254 e. The molecule has 21 heavy (non-hydrogen) atoms. The van der Waals surface area contributed by atoms with Gasteiger partial charge in [-0.3, -0.25) is 9.59 Å². The molecule has 0 bridgehead atoms. The average Bonchev–Trinajstić information content (AvgIpc) is 3.18. The topological polar surface area (TPSA) is 52.7 Å². The first-order valence-electron chi connectivity index (χ1n) is 7.06. The Labute approximate surface area is 134 Å². The van der Waals surface area contributed by atoms with Crippen LogP contribution in [0.5, 0.6) is 0 Å². The molecule has 2 aliphatic rings. The van der Waals surface area contributed by atoms with Gasteiger partial charge in [-0.1, -0.05) is 0 Å². The SMILES string of the molecule is Cl.O=C(c1ccsc1)N1CCN(C(=O)C2CCNC2)CC1. The van der Waals surface area contributed by atoms with E-state index in [1.807, 2.05) is 26.6 Å². The highest BCUT2D eigenvalue weighted by Crippen LogP contribution is 2.15. The molecule has 1 unspecified atom stereocenters. The van der Waals surface area contributed by atoms with Crippen LogP contribution in [0.15, 0.2) is 16.8 Å². The Kier molecular flexibility index (Phi) is 5.61. The summed E-state index contributed by atoms with van der Waals surface area (Å²) in [5, 5.41) is 7.02. The summed E-state index contributed by atoms with van der Waals surface area (Å²) in [6, 6.07) is 1.86. The van der Waals surface area contributed by atoms with Gasteiger partial charge in [0.1, 0.15) is 0 Å². The average molecular weight is 330 g/mol. The monoisotopic (exact) mass is 329 g/mol. The summed E-state index contributed by atoms with van der Waals surface area (Å²) < 4.78 is 0. The Morgan fingerprint density at radius 1 is 1.19 bits per heavy atom. The van der Waals surface area contributed by atoms with Crippen molar-refractivity contribution in [3.05, 3.63) is 22.4 Å². The molecule has 0 aromatic carbocycles. The molecule has 0 saturated carbocycles. The van der Waals surface area contributed by atoms with Gasteiger partial charge in [-0.05, 0) is 24.4 Å². The standard InChI is InChI=1S/C14H19N3O2S.ClH/c18-13(11-1-3-15-9-11)16-4-6-17(7-5-16)14(19)12-2-8-20-10-12;/h2,8,10-11,15H,1,3-7,9H2;1H. The first-order valence-corrected chi connectivity index (χ1v) is 8.01. The third-order valence-electron chi connectivity index (χ3n) is 4.06. The predicted octanol–water partition coefficient (Wildman–Crippen LogP) is 1.06. The van der Waals surface area contributed by atoms with Crippen molar-refractivity contribution in [1.82, 2.24) is 15.1 Å². The van der Waals surface area contributed by atoms with Crippen LogP contribution in [0.25, 0.3) is 0 Å². The molecule has 2 fully saturated rings. The zero-order chi connectivity index (χ0) is 13.9. The maximum atomic E-state index is 12.3. The molecular weight excluding hydrogens is 310 g/mol. The minimum atomic E-state index is 0. The van der Waals surface area contributed by atoms with Gasteiger partial charge < -0.3 is 15.1 Å². The second kappa shape index (κ2) is 7.24. The van der Waals surface area contributed by atoms with Crippen molar-refractivity contribution in [3.63, 3.8) is 0 Å². The largest absolute Gasteiger partial charge is 0.339 e. The highest BCUT2D eigenvalue weighted by Gasteiger charge is 2.30. The molecule has 7 heteroatoms. The van der Waals surface area contributed by atoms with Crippen LogP contribution in [-0.4, -0.2) is 60.9 Å². The molecular formula is C14H20ClN3O2S. The Morgan fingerprint density at radius 2 is 1.90 bits per heavy atom. The third-order valence-corrected chi connectivity index (χ3v) is 4.74. The maximum Gasteiger partial charge on any atom is 0.254 e. The zero-order valence-corrected chi connectivity index (χ0v) is 13.4. The molecule has 0 aliphatic carbocycles. The number of hydrogen-bond donors (Lipinski definition) is 1. The van der Waals surface area contributed by atoms with Crippen LogP contribution in [0.3, 0.4) is 0 Å². The fourth-order valence-electron chi connectivity index (χ4n) is 2.82. The number of thiophene rings is 1. The van der Waals surface area contributed by atoms with E-state index in [-0.39, 0.29) is 30.1 Å². The molecule has 1 aromatic heterocycles. The number of rotatable bonds is 2. The van der Waals surface area contributed by atoms with Crippen molar-refractivity contribution in [3.8, 4) is 0 Å². The second-order valence-corrected chi connectivity index (χ2v) is 6.10. The highest BCUT2D eigenvalue weighted by molar-refractivity contribution is 7.08. The van der Waals surface area contributed by atoms with E-state index in [2.05, 4.69) is 5.32 Å². The number of nitrogens with one attached hydrogen (secondary N) is 1. The fraction of sp³-hybridized carbons (Fsp3) is 0.571. The number of piperazine rings is 1. The molecule has 2 saturated heterocycles. The van der Waals surface area contributed by atoms with Gasteiger partial charge in [-0.25, -0.2) is 0 Å². The number of halogens is 1. The zero-order valence-electron chi connectivity index (χ0n) is 11.8. The van der Waals surface area contributed by atoms with E-state index in [1.165, 1.54) is 11.3 Å². The van der Waals surface area contributed by atoms with Crippen molar-refractivity contribution >= 4 is 35.6 Å². The minimum absolute atomic E-state index is 0. The van der Waals surface area contributed by atoms with Crippen LogP contribution in [-0.2, 0) is 4.79 Å². The molecule has 0 radical (unpaired) electrons. The van der Waals surface area contributed by atoms with Gasteiger partial charge in [-0.15, -0.1) is 12.4 Å². The molecule has 3 heterocycles. The summed E-state index contributed by atoms with van der Waals surface area (Å²) in [4.78, 5) is 28.3. The quantitative estimate of drug-likeness (QED) is 0.883. The fourth-order valence-corrected chi connectivity index (χ4v) is 3.45. The molecule has 3 rings (SSSR count). The van der Waals surface area contributed by atoms with Gasteiger partial charge in [0.2, 0.25) is 5.91 Å². The Morgan fingerprint density at radius 3 is 2.48 bits per heavy atom. The third kappa shape index (κ3) is 3.56. The maximum absolute atomic E-state index is 12.3. The molecule has 0 spiro atoms. The van der Waals surface area contributed by atoms with E-state index >= 15 is 0 Å². The molecule has 1 N–H and O–H groups in total. The Bertz CT molecular complexity index is 480. The molecule has 1 atom stereocenters. The van der Waals surface area contributed by atoms with Crippen molar-refractivity contribution < 1.29 is 9.59 Å². The van der Waals surface area contributed by atoms with E-state index in [0.29, 0.717) is 26.2 Å². The first kappa shape index (κ1) is 16.3. The summed E-state index contributed by atoms with van der Waals surface area (Å²) in [6.45, 7) is 4.33. The molecule has 5 nitrogen and oxygen atoms in total. The summed E-state index contributed by atoms with van der Waals surface area (Å²) in [6.07, 6.45) is 0.937. The number of carbonyl (C=O) groups is 2. The minimum Gasteiger partial charge on any atom is -0.339 e. The van der Waals surface area contributed by atoms with Gasteiger partial charge in [0.15, 0.2) is 0 Å². The van der Waals surface area contributed by atoms with Crippen LogP contribution < -0.4 is 5.32 Å². The number of hydrogen-bond acceptors (Lipinski definition) is 4. The van der Waals surface area contributed by atoms with E-state index in [9.17, 15) is 9.59 Å². The molecule has 2 aliphatic heterocycles. The lowest BCUT2D eigenvalue weighted by Gasteiger charge is -2.35. The number of nitrogens with zero attached hydrogens (tertiary/aromatic N) is 2.